The Hall–Kier alpha value is -0.510. The summed E-state index contributed by atoms with van der Waals surface area (Å²) in [6.45, 7) is 3.61. The van der Waals surface area contributed by atoms with Crippen LogP contribution in [-0.2, 0) is 9.59 Å². The molecule has 0 aromatic carbocycles. The van der Waals surface area contributed by atoms with Gasteiger partial charge in [0.1, 0.15) is 0 Å². The van der Waals surface area contributed by atoms with Crippen molar-refractivity contribution in [3.05, 3.63) is 0 Å². The molecule has 0 aromatic heterocycles. The number of rotatable bonds is 7. The zero-order valence-electron chi connectivity index (χ0n) is 8.75. The van der Waals surface area contributed by atoms with E-state index in [1.807, 2.05) is 0 Å². The van der Waals surface area contributed by atoms with E-state index < -0.39 is 5.97 Å². The van der Waals surface area contributed by atoms with Crippen molar-refractivity contribution in [3.63, 3.8) is 0 Å². The number of thioether (sulfide) groups is 1. The van der Waals surface area contributed by atoms with E-state index in [0.717, 1.165) is 19.3 Å². The second-order valence-corrected chi connectivity index (χ2v) is 4.76. The van der Waals surface area contributed by atoms with Crippen LogP contribution in [0.2, 0.25) is 0 Å². The smallest absolute Gasteiger partial charge is 0.186 e. The van der Waals surface area contributed by atoms with Gasteiger partial charge in [-0.15, -0.1) is 0 Å². The number of hydrogen-bond donors (Lipinski definition) is 0. The largest absolute Gasteiger partial charge is 0.550 e. The van der Waals surface area contributed by atoms with Crippen LogP contribution in [0.4, 0.5) is 0 Å². The van der Waals surface area contributed by atoms with Crippen molar-refractivity contribution in [1.82, 2.24) is 0 Å². The van der Waals surface area contributed by atoms with Crippen LogP contribution in [0.15, 0.2) is 0 Å². The molecule has 0 aliphatic carbocycles. The van der Waals surface area contributed by atoms with E-state index in [0.29, 0.717) is 6.42 Å². The van der Waals surface area contributed by atoms with Gasteiger partial charge < -0.3 is 9.90 Å². The van der Waals surface area contributed by atoms with Crippen LogP contribution in [0.1, 0.15) is 46.0 Å². The molecule has 14 heavy (non-hydrogen) atoms. The fourth-order valence-corrected chi connectivity index (χ4v) is 2.40. The Morgan fingerprint density at radius 2 is 2.00 bits per heavy atom. The Bertz CT molecular complexity index is 192. The molecule has 1 atom stereocenters. The lowest BCUT2D eigenvalue weighted by molar-refractivity contribution is -0.305. The van der Waals surface area contributed by atoms with E-state index in [2.05, 4.69) is 6.92 Å². The van der Waals surface area contributed by atoms with Crippen LogP contribution in [0.5, 0.6) is 0 Å². The molecule has 0 aromatic rings. The van der Waals surface area contributed by atoms with Gasteiger partial charge in [0.15, 0.2) is 5.12 Å². The topological polar surface area (TPSA) is 57.2 Å². The van der Waals surface area contributed by atoms with Crippen LogP contribution < -0.4 is 5.11 Å². The van der Waals surface area contributed by atoms with Crippen LogP contribution in [0.3, 0.4) is 0 Å². The van der Waals surface area contributed by atoms with Gasteiger partial charge in [-0.25, -0.2) is 0 Å². The predicted octanol–water partition coefficient (Wildman–Crippen LogP) is 1.35. The summed E-state index contributed by atoms with van der Waals surface area (Å²) in [4.78, 5) is 21.0. The molecule has 0 spiro atoms. The summed E-state index contributed by atoms with van der Waals surface area (Å²) in [5, 5.41) is 10.6. The van der Waals surface area contributed by atoms with E-state index in [1.54, 1.807) is 6.92 Å². The summed E-state index contributed by atoms with van der Waals surface area (Å²) < 4.78 is 0. The van der Waals surface area contributed by atoms with Gasteiger partial charge in [0, 0.05) is 18.1 Å². The molecule has 1 unspecified atom stereocenters. The highest BCUT2D eigenvalue weighted by atomic mass is 32.2. The first-order chi connectivity index (χ1) is 6.56. The van der Waals surface area contributed by atoms with Gasteiger partial charge in [0.2, 0.25) is 0 Å². The van der Waals surface area contributed by atoms with Crippen molar-refractivity contribution >= 4 is 22.8 Å². The van der Waals surface area contributed by atoms with Crippen LogP contribution >= 0.6 is 11.8 Å². The highest BCUT2D eigenvalue weighted by molar-refractivity contribution is 8.14. The first-order valence-corrected chi connectivity index (χ1v) is 5.81. The maximum Gasteiger partial charge on any atom is 0.186 e. The molecule has 82 valence electrons. The average Bonchev–Trinajstić information content (AvgIpc) is 2.02. The maximum atomic E-state index is 10.9. The quantitative estimate of drug-likeness (QED) is 0.646. The molecule has 0 radical (unpaired) electrons. The average molecular weight is 217 g/mol. The zero-order valence-corrected chi connectivity index (χ0v) is 9.56. The van der Waals surface area contributed by atoms with Crippen molar-refractivity contribution in [3.8, 4) is 0 Å². The van der Waals surface area contributed by atoms with Crippen LogP contribution in [-0.4, -0.2) is 16.3 Å². The van der Waals surface area contributed by atoms with E-state index in [1.165, 1.54) is 11.8 Å². The highest BCUT2D eigenvalue weighted by Crippen LogP contribution is 2.22. The monoisotopic (exact) mass is 217 g/mol. The number of carboxylic acid groups (broad SMARTS) is 1. The molecular weight excluding hydrogens is 200 g/mol. The van der Waals surface area contributed by atoms with Gasteiger partial charge >= 0.3 is 0 Å². The first kappa shape index (κ1) is 13.5. The number of carbonyl (C=O) groups is 2. The van der Waals surface area contributed by atoms with Crippen molar-refractivity contribution < 1.29 is 14.7 Å². The van der Waals surface area contributed by atoms with E-state index in [4.69, 9.17) is 0 Å². The lowest BCUT2D eigenvalue weighted by Crippen LogP contribution is -2.22. The van der Waals surface area contributed by atoms with Gasteiger partial charge in [0.25, 0.3) is 0 Å². The molecule has 0 N–H and O–H groups in total. The molecule has 0 bridgehead atoms. The summed E-state index contributed by atoms with van der Waals surface area (Å²) in [7, 11) is 0. The van der Waals surface area contributed by atoms with Gasteiger partial charge in [-0.05, 0) is 25.7 Å². The standard InChI is InChI=1S/C10H18O3S/c1-3-5-9(14-8(2)11)6-4-7-10(12)13/h9H,3-7H2,1-2H3,(H,12,13)/p-1. The summed E-state index contributed by atoms with van der Waals surface area (Å²) in [6.07, 6.45) is 3.48. The molecule has 0 aliphatic rings. The summed E-state index contributed by atoms with van der Waals surface area (Å²) in [5.41, 5.74) is 0. The zero-order chi connectivity index (χ0) is 11.0. The SMILES string of the molecule is CCCC(CCCC(=O)[O-])SC(C)=O. The van der Waals surface area contributed by atoms with Crippen molar-refractivity contribution in [2.75, 3.05) is 0 Å². The molecule has 4 heteroatoms. The van der Waals surface area contributed by atoms with Gasteiger partial charge in [-0.3, -0.25) is 4.79 Å². The Morgan fingerprint density at radius 3 is 2.43 bits per heavy atom. The molecule has 0 amide bonds. The summed E-state index contributed by atoms with van der Waals surface area (Å²) >= 11 is 1.32. The third-order valence-corrected chi connectivity index (χ3v) is 2.99. The molecule has 3 nitrogen and oxygen atoms in total. The van der Waals surface area contributed by atoms with Gasteiger partial charge in [-0.1, -0.05) is 25.1 Å². The molecule has 0 rings (SSSR count). The van der Waals surface area contributed by atoms with E-state index in [9.17, 15) is 14.7 Å². The van der Waals surface area contributed by atoms with Crippen LogP contribution in [0, 0.1) is 0 Å². The molecule has 0 heterocycles. The lowest BCUT2D eigenvalue weighted by atomic mass is 10.1. The van der Waals surface area contributed by atoms with Gasteiger partial charge in [0.05, 0.1) is 0 Å². The minimum atomic E-state index is -1.01. The van der Waals surface area contributed by atoms with Crippen molar-refractivity contribution in [1.29, 1.82) is 0 Å². The van der Waals surface area contributed by atoms with E-state index >= 15 is 0 Å². The van der Waals surface area contributed by atoms with Gasteiger partial charge in [-0.2, -0.15) is 0 Å². The van der Waals surface area contributed by atoms with E-state index in [-0.39, 0.29) is 16.8 Å². The molecule has 0 saturated carbocycles. The number of carboxylic acids is 1. The predicted molar refractivity (Wildman–Crippen MR) is 55.8 cm³/mol. The highest BCUT2D eigenvalue weighted by Gasteiger charge is 2.10. The van der Waals surface area contributed by atoms with Crippen molar-refractivity contribution in [2.24, 2.45) is 0 Å². The number of hydrogen-bond acceptors (Lipinski definition) is 4. The minimum Gasteiger partial charge on any atom is -0.550 e. The second-order valence-electron chi connectivity index (χ2n) is 3.28. The molecular formula is C10H17O3S-. The fourth-order valence-electron chi connectivity index (χ4n) is 1.29. The fraction of sp³-hybridized carbons (Fsp3) is 0.800. The van der Waals surface area contributed by atoms with Crippen molar-refractivity contribution in [2.45, 2.75) is 51.2 Å². The normalized spacial score (nSPS) is 12.4. The second kappa shape index (κ2) is 7.85. The molecule has 0 aliphatic heterocycles. The Balaban J connectivity index is 3.72. The number of aliphatic carboxylic acids is 1. The molecule has 0 fully saturated rings. The summed E-state index contributed by atoms with van der Waals surface area (Å²) in [5.74, 6) is -1.01. The first-order valence-electron chi connectivity index (χ1n) is 4.93. The van der Waals surface area contributed by atoms with Crippen LogP contribution in [0.25, 0.3) is 0 Å². The maximum absolute atomic E-state index is 10.9. The Labute approximate surface area is 89.3 Å². The lowest BCUT2D eigenvalue weighted by Gasteiger charge is -2.13. The molecule has 0 saturated heterocycles. The third-order valence-electron chi connectivity index (χ3n) is 1.85. The third kappa shape index (κ3) is 8.10. The minimum absolute atomic E-state index is 0.0959. The Morgan fingerprint density at radius 1 is 1.36 bits per heavy atom. The Kier molecular flexibility index (Phi) is 7.57. The summed E-state index contributed by atoms with van der Waals surface area (Å²) in [6, 6.07) is 0. The number of carbonyl (C=O) groups excluding carboxylic acids is 2.